The van der Waals surface area contributed by atoms with Gasteiger partial charge < -0.3 is 35.6 Å². The Kier molecular flexibility index (Phi) is 11.6. The van der Waals surface area contributed by atoms with Crippen molar-refractivity contribution in [2.75, 3.05) is 6.54 Å². The monoisotopic (exact) mass is 770 g/mol. The van der Waals surface area contributed by atoms with E-state index in [1.54, 1.807) is 6.08 Å². The van der Waals surface area contributed by atoms with Crippen molar-refractivity contribution < 1.29 is 40.4 Å². The summed E-state index contributed by atoms with van der Waals surface area (Å²) in [6.45, 7) is 7.31. The first-order valence-corrected chi connectivity index (χ1v) is 23.3. The van der Waals surface area contributed by atoms with E-state index in [2.05, 4.69) is 19.2 Å². The van der Waals surface area contributed by atoms with Crippen molar-refractivity contribution in [2.24, 2.45) is 63.9 Å². The standard InChI is InChI=1S/C46H76N2O7/c1-4-8-28-11-14-31-27(2)41(55-38(31)15-12-28)42(52)43(3,53)39-19-22-46(54)33-23-35(49)34-24-36(50)37(51)25-44(34,20-17-29-13-16-40(47)48-26-29)32(33)18-21-45(39,46)30-9-6-5-7-10-30/h23,27-32,34,36-42,48,50-54H,4-22,24-26,47H2,1-3H3/p+1/t27-,28-,29?,31+,32+,34+,36+,37-,38+,39-,40?,41+,42+,43+,44+,45-,46-/m0/s1. The number of hydrogen-bond donors (Lipinski definition) is 7. The van der Waals surface area contributed by atoms with Crippen LogP contribution in [-0.2, 0) is 9.53 Å². The smallest absolute Gasteiger partial charge is 0.159 e. The van der Waals surface area contributed by atoms with Crippen LogP contribution in [0.4, 0.5) is 0 Å². The van der Waals surface area contributed by atoms with Crippen molar-refractivity contribution in [1.29, 1.82) is 0 Å². The number of allylic oxidation sites excluding steroid dienone is 1. The molecule has 0 aromatic heterocycles. The fraction of sp³-hybridized carbons (Fsp3) is 0.935. The molecule has 9 N–H and O–H groups in total. The highest BCUT2D eigenvalue weighted by Gasteiger charge is 2.73. The number of rotatable bonds is 9. The molecule has 5 saturated carbocycles. The second-order valence-corrected chi connectivity index (χ2v) is 21.0. The number of aliphatic hydroxyl groups excluding tert-OH is 3. The minimum Gasteiger partial charge on any atom is -0.390 e. The van der Waals surface area contributed by atoms with Crippen LogP contribution < -0.4 is 11.1 Å². The number of ether oxygens (including phenoxy) is 1. The first kappa shape index (κ1) is 40.9. The first-order valence-electron chi connectivity index (χ1n) is 23.3. The Bertz CT molecular complexity index is 1410. The molecule has 0 spiro atoms. The van der Waals surface area contributed by atoms with Gasteiger partial charge in [-0.05, 0) is 149 Å². The summed E-state index contributed by atoms with van der Waals surface area (Å²) in [5.74, 6) is 1.10. The second kappa shape index (κ2) is 15.6. The second-order valence-electron chi connectivity index (χ2n) is 21.0. The van der Waals surface area contributed by atoms with Gasteiger partial charge in [0.25, 0.3) is 0 Å². The Morgan fingerprint density at radius 2 is 1.69 bits per heavy atom. The third-order valence-electron chi connectivity index (χ3n) is 18.5. The van der Waals surface area contributed by atoms with Gasteiger partial charge in [-0.25, -0.2) is 0 Å². The van der Waals surface area contributed by atoms with Crippen molar-refractivity contribution in [3.05, 3.63) is 11.6 Å². The Morgan fingerprint density at radius 3 is 2.42 bits per heavy atom. The van der Waals surface area contributed by atoms with Gasteiger partial charge in [-0.15, -0.1) is 0 Å². The Balaban J connectivity index is 1.12. The largest absolute Gasteiger partial charge is 0.390 e. The maximum Gasteiger partial charge on any atom is 0.159 e. The van der Waals surface area contributed by atoms with E-state index in [0.717, 1.165) is 95.1 Å². The van der Waals surface area contributed by atoms with Crippen LogP contribution in [0.2, 0.25) is 0 Å². The summed E-state index contributed by atoms with van der Waals surface area (Å²) < 4.78 is 6.82. The van der Waals surface area contributed by atoms with Crippen molar-refractivity contribution in [2.45, 2.75) is 203 Å². The third kappa shape index (κ3) is 6.67. The van der Waals surface area contributed by atoms with Gasteiger partial charge in [0.05, 0.1) is 42.2 Å². The lowest BCUT2D eigenvalue weighted by Gasteiger charge is -2.64. The molecule has 2 saturated heterocycles. The van der Waals surface area contributed by atoms with E-state index in [0.29, 0.717) is 31.1 Å². The molecule has 2 aliphatic heterocycles. The summed E-state index contributed by atoms with van der Waals surface area (Å²) in [5, 5.41) is 63.8. The van der Waals surface area contributed by atoms with Crippen LogP contribution in [0.15, 0.2) is 11.6 Å². The molecule has 2 heterocycles. The van der Waals surface area contributed by atoms with Crippen LogP contribution >= 0.6 is 0 Å². The quantitative estimate of drug-likeness (QED) is 0.174. The molecule has 0 amide bonds. The lowest BCUT2D eigenvalue weighted by molar-refractivity contribution is -0.703. The van der Waals surface area contributed by atoms with Crippen molar-refractivity contribution in [3.63, 3.8) is 0 Å². The third-order valence-corrected chi connectivity index (χ3v) is 18.5. The van der Waals surface area contributed by atoms with Gasteiger partial charge in [0.2, 0.25) is 0 Å². The molecule has 0 bridgehead atoms. The number of nitrogens with two attached hydrogens (primary N) is 2. The Hall–Kier alpha value is -0.910. The number of carbonyl (C=O) groups is 1. The van der Waals surface area contributed by atoms with E-state index in [4.69, 9.17) is 10.5 Å². The normalized spacial score (nSPS) is 49.5. The van der Waals surface area contributed by atoms with E-state index in [-0.39, 0.29) is 54.1 Å². The van der Waals surface area contributed by atoms with Crippen molar-refractivity contribution >= 4 is 5.78 Å². The minimum absolute atomic E-state index is 0.00887. The maximum atomic E-state index is 14.5. The molecule has 0 radical (unpaired) electrons. The molecule has 9 heteroatoms. The molecule has 7 fully saturated rings. The molecule has 17 atom stereocenters. The van der Waals surface area contributed by atoms with Crippen LogP contribution in [0, 0.1) is 58.2 Å². The van der Waals surface area contributed by atoms with E-state index >= 15 is 0 Å². The van der Waals surface area contributed by atoms with E-state index in [9.17, 15) is 30.3 Å². The highest BCUT2D eigenvalue weighted by molar-refractivity contribution is 5.95. The van der Waals surface area contributed by atoms with Crippen LogP contribution in [0.5, 0.6) is 0 Å². The molecule has 312 valence electrons. The summed E-state index contributed by atoms with van der Waals surface area (Å²) in [6.07, 6.45) is 17.9. The first-order chi connectivity index (χ1) is 26.3. The van der Waals surface area contributed by atoms with Crippen LogP contribution in [0.1, 0.15) is 156 Å². The summed E-state index contributed by atoms with van der Waals surface area (Å²) in [7, 11) is 0. The fourth-order valence-corrected chi connectivity index (χ4v) is 15.7. The molecule has 9 nitrogen and oxygen atoms in total. The highest BCUT2D eigenvalue weighted by Crippen LogP contribution is 2.73. The average Bonchev–Trinajstić information content (AvgIpc) is 3.59. The zero-order valence-electron chi connectivity index (χ0n) is 34.4. The number of carbonyl (C=O) groups excluding carboxylic acids is 1. The number of ketones is 1. The zero-order valence-corrected chi connectivity index (χ0v) is 34.4. The maximum absolute atomic E-state index is 14.5. The SMILES string of the molecule is CCC[C@H]1CC[C@@H]2[C@H](C)[C@H]([C@@H](O)[C@](C)(O)[C@@H]3CC[C@]4(O)C5=CC(=O)[C@H]6C[C@@H](O)[C@@H](O)C[C@]6(CCC6CCC(N)[NH2+]C6)[C@@H]5CC[C@]34C3CCCCC3)O[C@@H]2CC1. The summed E-state index contributed by atoms with van der Waals surface area (Å²) in [6, 6.07) is 0. The molecule has 8 rings (SSSR count). The number of hydrogen-bond acceptors (Lipinski definition) is 8. The summed E-state index contributed by atoms with van der Waals surface area (Å²) >= 11 is 0. The molecule has 2 unspecified atom stereocenters. The number of piperidine rings is 1. The van der Waals surface area contributed by atoms with Gasteiger partial charge in [-0.2, -0.15) is 0 Å². The van der Waals surface area contributed by atoms with Crippen LogP contribution in [0.25, 0.3) is 0 Å². The van der Waals surface area contributed by atoms with Gasteiger partial charge in [-0.3, -0.25) is 10.5 Å². The Labute approximate surface area is 331 Å². The van der Waals surface area contributed by atoms with Gasteiger partial charge in [0.1, 0.15) is 12.3 Å². The summed E-state index contributed by atoms with van der Waals surface area (Å²) in [5.41, 5.74) is 3.06. The molecular formula is C46H77N2O7+. The van der Waals surface area contributed by atoms with Gasteiger partial charge in [0, 0.05) is 23.7 Å². The molecule has 6 aliphatic carbocycles. The molecular weight excluding hydrogens is 693 g/mol. The summed E-state index contributed by atoms with van der Waals surface area (Å²) in [4.78, 5) is 14.5. The molecule has 8 aliphatic rings. The van der Waals surface area contributed by atoms with Gasteiger partial charge >= 0.3 is 0 Å². The fourth-order valence-electron chi connectivity index (χ4n) is 15.7. The topological polar surface area (TPSA) is 170 Å². The van der Waals surface area contributed by atoms with Crippen molar-refractivity contribution in [1.82, 2.24) is 0 Å². The van der Waals surface area contributed by atoms with E-state index < -0.39 is 46.4 Å². The van der Waals surface area contributed by atoms with Crippen LogP contribution in [-0.4, -0.2) is 85.7 Å². The zero-order chi connectivity index (χ0) is 38.9. The lowest BCUT2D eigenvalue weighted by atomic mass is 9.41. The Morgan fingerprint density at radius 1 is 0.945 bits per heavy atom. The predicted octanol–water partition coefficient (Wildman–Crippen LogP) is 4.89. The number of fused-ring (bicyclic) bond motifs is 6. The lowest BCUT2D eigenvalue weighted by Crippen LogP contribution is -2.95. The number of aliphatic hydroxyl groups is 5. The van der Waals surface area contributed by atoms with E-state index in [1.807, 2.05) is 6.92 Å². The van der Waals surface area contributed by atoms with Gasteiger partial charge in [0.15, 0.2) is 5.78 Å². The number of quaternary nitrogens is 1. The van der Waals surface area contributed by atoms with Gasteiger partial charge in [-0.1, -0.05) is 52.4 Å². The predicted molar refractivity (Wildman–Crippen MR) is 211 cm³/mol. The highest BCUT2D eigenvalue weighted by atomic mass is 16.5. The van der Waals surface area contributed by atoms with E-state index in [1.165, 1.54) is 32.1 Å². The average molecular weight is 770 g/mol. The molecule has 55 heavy (non-hydrogen) atoms. The van der Waals surface area contributed by atoms with Crippen LogP contribution in [0.3, 0.4) is 0 Å². The minimum atomic E-state index is -1.50. The van der Waals surface area contributed by atoms with Crippen molar-refractivity contribution in [3.8, 4) is 0 Å². The molecule has 0 aromatic rings. The molecule has 0 aromatic carbocycles.